The molecule has 6 heteroatoms. The Labute approximate surface area is 112 Å². The van der Waals surface area contributed by atoms with Crippen molar-refractivity contribution in [2.45, 2.75) is 32.5 Å². The molecule has 1 aromatic heterocycles. The van der Waals surface area contributed by atoms with Crippen LogP contribution in [0.2, 0.25) is 0 Å². The minimum Gasteiger partial charge on any atom is -0.325 e. The minimum atomic E-state index is -0.257. The van der Waals surface area contributed by atoms with E-state index in [0.29, 0.717) is 19.5 Å². The second-order valence-electron chi connectivity index (χ2n) is 4.60. The summed E-state index contributed by atoms with van der Waals surface area (Å²) in [7, 11) is 0. The zero-order chi connectivity index (χ0) is 13.8. The Hall–Kier alpha value is -1.79. The monoisotopic (exact) mass is 262 g/mol. The normalized spacial score (nSPS) is 20.4. The lowest BCUT2D eigenvalue weighted by Crippen LogP contribution is -2.57. The number of hydrogen-bond donors (Lipinski definition) is 2. The predicted octanol–water partition coefficient (Wildman–Crippen LogP) is -0.223. The van der Waals surface area contributed by atoms with E-state index in [2.05, 4.69) is 10.3 Å². The molecule has 1 aromatic rings. The number of rotatable bonds is 4. The van der Waals surface area contributed by atoms with Gasteiger partial charge in [0.1, 0.15) is 0 Å². The van der Waals surface area contributed by atoms with Gasteiger partial charge in [0.25, 0.3) is 0 Å². The fourth-order valence-electron chi connectivity index (χ4n) is 2.30. The number of aromatic nitrogens is 1. The molecule has 6 nitrogen and oxygen atoms in total. The molecule has 1 aliphatic rings. The molecule has 2 amide bonds. The zero-order valence-electron chi connectivity index (χ0n) is 10.9. The van der Waals surface area contributed by atoms with Crippen molar-refractivity contribution in [2.75, 3.05) is 6.54 Å². The Morgan fingerprint density at radius 2 is 2.32 bits per heavy atom. The smallest absolute Gasteiger partial charge is 0.243 e. The minimum absolute atomic E-state index is 0.216. The molecule has 2 heterocycles. The maximum absolute atomic E-state index is 11.8. The van der Waals surface area contributed by atoms with Crippen molar-refractivity contribution >= 4 is 11.8 Å². The van der Waals surface area contributed by atoms with Crippen LogP contribution in [0.15, 0.2) is 18.3 Å². The van der Waals surface area contributed by atoms with Crippen molar-refractivity contribution in [2.24, 2.45) is 5.73 Å². The van der Waals surface area contributed by atoms with Crippen LogP contribution in [0.25, 0.3) is 0 Å². The van der Waals surface area contributed by atoms with Crippen molar-refractivity contribution in [3.05, 3.63) is 29.6 Å². The molecule has 0 spiro atoms. The van der Waals surface area contributed by atoms with E-state index in [4.69, 9.17) is 5.73 Å². The number of carbonyl (C=O) groups excluding carboxylic acids is 2. The third-order valence-electron chi connectivity index (χ3n) is 3.22. The van der Waals surface area contributed by atoms with Crippen molar-refractivity contribution in [1.82, 2.24) is 15.2 Å². The third-order valence-corrected chi connectivity index (χ3v) is 3.22. The van der Waals surface area contributed by atoms with E-state index in [0.717, 1.165) is 11.3 Å². The van der Waals surface area contributed by atoms with E-state index in [-0.39, 0.29) is 24.4 Å². The molecule has 1 aliphatic heterocycles. The summed E-state index contributed by atoms with van der Waals surface area (Å²) in [5.74, 6) is -0.463. The van der Waals surface area contributed by atoms with Gasteiger partial charge in [-0.2, -0.15) is 0 Å². The molecule has 19 heavy (non-hydrogen) atoms. The Morgan fingerprint density at radius 3 is 3.00 bits per heavy atom. The van der Waals surface area contributed by atoms with E-state index in [1.807, 2.05) is 24.0 Å². The second kappa shape index (κ2) is 5.90. The number of pyridine rings is 1. The van der Waals surface area contributed by atoms with Gasteiger partial charge in [0.15, 0.2) is 0 Å². The number of imide groups is 1. The molecule has 1 fully saturated rings. The lowest BCUT2D eigenvalue weighted by atomic mass is 10.1. The summed E-state index contributed by atoms with van der Waals surface area (Å²) in [6, 6.07) is 3.53. The molecule has 2 rings (SSSR count). The molecule has 0 aliphatic carbocycles. The largest absolute Gasteiger partial charge is 0.325 e. The third kappa shape index (κ3) is 3.15. The van der Waals surface area contributed by atoms with Gasteiger partial charge >= 0.3 is 0 Å². The summed E-state index contributed by atoms with van der Waals surface area (Å²) in [4.78, 5) is 29.2. The number of piperazine rings is 1. The fourth-order valence-corrected chi connectivity index (χ4v) is 2.30. The van der Waals surface area contributed by atoms with Gasteiger partial charge in [0, 0.05) is 19.3 Å². The summed E-state index contributed by atoms with van der Waals surface area (Å²) < 4.78 is 0. The van der Waals surface area contributed by atoms with Crippen LogP contribution in [0.1, 0.15) is 24.6 Å². The summed E-state index contributed by atoms with van der Waals surface area (Å²) in [5.41, 5.74) is 7.37. The number of amides is 2. The number of nitrogens with one attached hydrogen (secondary N) is 1. The van der Waals surface area contributed by atoms with Crippen LogP contribution < -0.4 is 11.1 Å². The van der Waals surface area contributed by atoms with E-state index in [9.17, 15) is 9.59 Å². The molecule has 0 radical (unpaired) electrons. The topological polar surface area (TPSA) is 88.3 Å². The quantitative estimate of drug-likeness (QED) is 0.732. The van der Waals surface area contributed by atoms with E-state index in [1.54, 1.807) is 6.20 Å². The van der Waals surface area contributed by atoms with Gasteiger partial charge in [0.05, 0.1) is 18.3 Å². The SMILES string of the molecule is CCC1C(=O)NC(=O)CN1Cc1ccnc(CN)c1. The van der Waals surface area contributed by atoms with E-state index in [1.165, 1.54) is 0 Å². The molecular formula is C13H18N4O2. The highest BCUT2D eigenvalue weighted by Gasteiger charge is 2.32. The van der Waals surface area contributed by atoms with Crippen LogP contribution in [0.5, 0.6) is 0 Å². The van der Waals surface area contributed by atoms with Gasteiger partial charge in [-0.1, -0.05) is 6.92 Å². The highest BCUT2D eigenvalue weighted by molar-refractivity contribution is 6.01. The molecule has 3 N–H and O–H groups in total. The lowest BCUT2D eigenvalue weighted by Gasteiger charge is -2.33. The highest BCUT2D eigenvalue weighted by Crippen LogP contribution is 2.14. The highest BCUT2D eigenvalue weighted by atomic mass is 16.2. The summed E-state index contributed by atoms with van der Waals surface area (Å²) in [6.45, 7) is 3.10. The van der Waals surface area contributed by atoms with E-state index < -0.39 is 0 Å². The van der Waals surface area contributed by atoms with Crippen LogP contribution in [-0.2, 0) is 22.7 Å². The standard InChI is InChI=1S/C13H18N4O2/c1-2-11-13(19)16-12(18)8-17(11)7-9-3-4-15-10(5-9)6-14/h3-5,11H,2,6-8,14H2,1H3,(H,16,18,19). The van der Waals surface area contributed by atoms with Gasteiger partial charge in [-0.15, -0.1) is 0 Å². The maximum atomic E-state index is 11.8. The second-order valence-corrected chi connectivity index (χ2v) is 4.60. The van der Waals surface area contributed by atoms with Crippen molar-refractivity contribution in [3.63, 3.8) is 0 Å². The van der Waals surface area contributed by atoms with Gasteiger partial charge < -0.3 is 5.73 Å². The predicted molar refractivity (Wildman–Crippen MR) is 69.8 cm³/mol. The van der Waals surface area contributed by atoms with Crippen LogP contribution >= 0.6 is 0 Å². The van der Waals surface area contributed by atoms with Gasteiger partial charge in [0.2, 0.25) is 11.8 Å². The first kappa shape index (κ1) is 13.6. The van der Waals surface area contributed by atoms with Crippen LogP contribution in [0.3, 0.4) is 0 Å². The number of nitrogens with two attached hydrogens (primary N) is 1. The molecule has 0 bridgehead atoms. The molecule has 0 aromatic carbocycles. The fraction of sp³-hybridized carbons (Fsp3) is 0.462. The first-order chi connectivity index (χ1) is 9.13. The van der Waals surface area contributed by atoms with Gasteiger partial charge in [-0.05, 0) is 24.1 Å². The van der Waals surface area contributed by atoms with Crippen LogP contribution in [-0.4, -0.2) is 34.3 Å². The van der Waals surface area contributed by atoms with Crippen molar-refractivity contribution in [3.8, 4) is 0 Å². The molecule has 0 saturated carbocycles. The van der Waals surface area contributed by atoms with Crippen molar-refractivity contribution in [1.29, 1.82) is 0 Å². The first-order valence-corrected chi connectivity index (χ1v) is 6.35. The Balaban J connectivity index is 2.14. The Bertz CT molecular complexity index is 489. The molecular weight excluding hydrogens is 244 g/mol. The summed E-state index contributed by atoms with van der Waals surface area (Å²) >= 11 is 0. The average molecular weight is 262 g/mol. The van der Waals surface area contributed by atoms with Crippen LogP contribution in [0, 0.1) is 0 Å². The molecule has 1 saturated heterocycles. The lowest BCUT2D eigenvalue weighted by molar-refractivity contribution is -0.140. The Morgan fingerprint density at radius 1 is 1.53 bits per heavy atom. The van der Waals surface area contributed by atoms with Crippen molar-refractivity contribution < 1.29 is 9.59 Å². The van der Waals surface area contributed by atoms with Crippen LogP contribution in [0.4, 0.5) is 0 Å². The summed E-state index contributed by atoms with van der Waals surface area (Å²) in [5, 5.41) is 2.37. The number of carbonyl (C=O) groups is 2. The molecule has 102 valence electrons. The molecule has 1 unspecified atom stereocenters. The summed E-state index contributed by atoms with van der Waals surface area (Å²) in [6.07, 6.45) is 2.37. The zero-order valence-corrected chi connectivity index (χ0v) is 10.9. The number of hydrogen-bond acceptors (Lipinski definition) is 5. The molecule has 1 atom stereocenters. The van der Waals surface area contributed by atoms with E-state index >= 15 is 0 Å². The maximum Gasteiger partial charge on any atom is 0.243 e. The van der Waals surface area contributed by atoms with Gasteiger partial charge in [-0.3, -0.25) is 24.8 Å². The first-order valence-electron chi connectivity index (χ1n) is 6.35. The Kier molecular flexibility index (Phi) is 4.24. The average Bonchev–Trinajstić information content (AvgIpc) is 2.38. The number of nitrogens with zero attached hydrogens (tertiary/aromatic N) is 2. The van der Waals surface area contributed by atoms with Gasteiger partial charge in [-0.25, -0.2) is 0 Å².